The van der Waals surface area contributed by atoms with Gasteiger partial charge < -0.3 is 9.64 Å². The molecule has 2 fully saturated rings. The molecule has 4 nitrogen and oxygen atoms in total. The molecule has 4 aromatic rings. The SMILES string of the molecule is COc1cc(N2CCN([C@H]3CC[C@@H](c4csc5ccc(F)cc54)CC3)CC2)c2ncccc2c1. The second-order valence-corrected chi connectivity index (χ2v) is 10.5. The van der Waals surface area contributed by atoms with Gasteiger partial charge in [0, 0.05) is 54.6 Å². The first kappa shape index (κ1) is 21.8. The highest BCUT2D eigenvalue weighted by atomic mass is 32.1. The number of benzene rings is 2. The van der Waals surface area contributed by atoms with Crippen LogP contribution in [0.5, 0.6) is 5.75 Å². The fourth-order valence-electron chi connectivity index (χ4n) is 5.92. The molecule has 0 bridgehead atoms. The van der Waals surface area contributed by atoms with Gasteiger partial charge in [-0.25, -0.2) is 4.39 Å². The van der Waals surface area contributed by atoms with Crippen molar-refractivity contribution < 1.29 is 9.13 Å². The van der Waals surface area contributed by atoms with E-state index < -0.39 is 0 Å². The van der Waals surface area contributed by atoms with Gasteiger partial charge in [-0.15, -0.1) is 11.3 Å². The number of pyridine rings is 1. The summed E-state index contributed by atoms with van der Waals surface area (Å²) in [6, 6.07) is 14.2. The maximum atomic E-state index is 13.8. The van der Waals surface area contributed by atoms with Crippen LogP contribution in [0, 0.1) is 5.82 Å². The largest absolute Gasteiger partial charge is 0.497 e. The maximum Gasteiger partial charge on any atom is 0.123 e. The van der Waals surface area contributed by atoms with Crippen LogP contribution in [0.4, 0.5) is 10.1 Å². The minimum atomic E-state index is -0.127. The molecule has 0 unspecified atom stereocenters. The molecule has 0 radical (unpaired) electrons. The summed E-state index contributed by atoms with van der Waals surface area (Å²) in [5, 5.41) is 4.51. The summed E-state index contributed by atoms with van der Waals surface area (Å²) in [5.41, 5.74) is 3.59. The van der Waals surface area contributed by atoms with E-state index in [2.05, 4.69) is 38.4 Å². The number of fused-ring (bicyclic) bond motifs is 2. The second-order valence-electron chi connectivity index (χ2n) is 9.58. The number of anilines is 1. The van der Waals surface area contributed by atoms with Crippen LogP contribution in [-0.2, 0) is 0 Å². The average Bonchev–Trinajstić information content (AvgIpc) is 3.31. The minimum Gasteiger partial charge on any atom is -0.497 e. The number of nitrogens with zero attached hydrogens (tertiary/aromatic N) is 3. The van der Waals surface area contributed by atoms with Crippen molar-refractivity contribution in [1.82, 2.24) is 9.88 Å². The number of aromatic nitrogens is 1. The standard InChI is InChI=1S/C28H30FN3OS/c1-33-23-15-20-3-2-10-30-28(20)26(17-23)32-13-11-31(12-14-32)22-7-4-19(5-8-22)25-18-34-27-9-6-21(29)16-24(25)27/h2-3,6,9-10,15-19,22H,4-5,7-8,11-14H2,1H3/t19-,22+. The van der Waals surface area contributed by atoms with Crippen molar-refractivity contribution in [2.24, 2.45) is 0 Å². The highest BCUT2D eigenvalue weighted by Gasteiger charge is 2.30. The number of rotatable bonds is 4. The summed E-state index contributed by atoms with van der Waals surface area (Å²) in [6.45, 7) is 4.17. The summed E-state index contributed by atoms with van der Waals surface area (Å²) >= 11 is 1.75. The van der Waals surface area contributed by atoms with Crippen molar-refractivity contribution >= 4 is 38.0 Å². The van der Waals surface area contributed by atoms with E-state index in [4.69, 9.17) is 4.74 Å². The first-order valence-corrected chi connectivity index (χ1v) is 13.2. The Labute approximate surface area is 204 Å². The van der Waals surface area contributed by atoms with E-state index in [9.17, 15) is 4.39 Å². The van der Waals surface area contributed by atoms with Crippen LogP contribution in [0.15, 0.2) is 54.0 Å². The second kappa shape index (κ2) is 9.16. The normalized spacial score (nSPS) is 21.9. The van der Waals surface area contributed by atoms with Gasteiger partial charge in [0.2, 0.25) is 0 Å². The molecule has 0 spiro atoms. The molecular formula is C28H30FN3OS. The highest BCUT2D eigenvalue weighted by molar-refractivity contribution is 7.17. The van der Waals surface area contributed by atoms with Gasteiger partial charge in [0.05, 0.1) is 18.3 Å². The van der Waals surface area contributed by atoms with Crippen LogP contribution in [0.2, 0.25) is 0 Å². The number of hydrogen-bond acceptors (Lipinski definition) is 5. The molecular weight excluding hydrogens is 445 g/mol. The predicted octanol–water partition coefficient (Wildman–Crippen LogP) is 6.45. The van der Waals surface area contributed by atoms with Crippen molar-refractivity contribution in [2.45, 2.75) is 37.6 Å². The van der Waals surface area contributed by atoms with E-state index in [1.54, 1.807) is 30.6 Å². The zero-order valence-electron chi connectivity index (χ0n) is 19.5. The Bertz CT molecular complexity index is 1310. The first-order valence-electron chi connectivity index (χ1n) is 12.3. The molecule has 3 heterocycles. The number of thiophene rings is 1. The molecule has 1 aliphatic carbocycles. The van der Waals surface area contributed by atoms with E-state index in [1.165, 1.54) is 41.6 Å². The third kappa shape index (κ3) is 4.03. The van der Waals surface area contributed by atoms with Crippen LogP contribution in [0.25, 0.3) is 21.0 Å². The van der Waals surface area contributed by atoms with Gasteiger partial charge in [-0.3, -0.25) is 9.88 Å². The van der Waals surface area contributed by atoms with Crippen LogP contribution >= 0.6 is 11.3 Å². The number of halogens is 1. The molecule has 0 N–H and O–H groups in total. The molecule has 0 amide bonds. The van der Waals surface area contributed by atoms with Gasteiger partial charge >= 0.3 is 0 Å². The Kier molecular flexibility index (Phi) is 5.87. The Balaban J connectivity index is 1.11. The summed E-state index contributed by atoms with van der Waals surface area (Å²) in [7, 11) is 1.73. The molecule has 2 aromatic carbocycles. The van der Waals surface area contributed by atoms with Gasteiger partial charge in [-0.1, -0.05) is 6.07 Å². The molecule has 1 saturated carbocycles. The minimum absolute atomic E-state index is 0.127. The van der Waals surface area contributed by atoms with Crippen molar-refractivity contribution in [3.8, 4) is 5.75 Å². The number of ether oxygens (including phenoxy) is 1. The van der Waals surface area contributed by atoms with Crippen molar-refractivity contribution in [3.63, 3.8) is 0 Å². The van der Waals surface area contributed by atoms with E-state index in [-0.39, 0.29) is 5.82 Å². The van der Waals surface area contributed by atoms with Gasteiger partial charge in [-0.2, -0.15) is 0 Å². The lowest BCUT2D eigenvalue weighted by atomic mass is 9.81. The van der Waals surface area contributed by atoms with E-state index in [0.29, 0.717) is 12.0 Å². The van der Waals surface area contributed by atoms with Gasteiger partial charge in [0.25, 0.3) is 0 Å². The van der Waals surface area contributed by atoms with Gasteiger partial charge in [0.1, 0.15) is 11.6 Å². The summed E-state index contributed by atoms with van der Waals surface area (Å²) < 4.78 is 20.6. The number of piperazine rings is 1. The molecule has 0 atom stereocenters. The van der Waals surface area contributed by atoms with Crippen LogP contribution in [0.1, 0.15) is 37.2 Å². The van der Waals surface area contributed by atoms with Crippen LogP contribution in [0.3, 0.4) is 0 Å². The molecule has 176 valence electrons. The van der Waals surface area contributed by atoms with Gasteiger partial charge in [-0.05, 0) is 78.3 Å². The molecule has 2 aromatic heterocycles. The van der Waals surface area contributed by atoms with E-state index in [0.717, 1.165) is 48.2 Å². The molecule has 6 heteroatoms. The fraction of sp³-hybridized carbons (Fsp3) is 0.393. The first-order chi connectivity index (χ1) is 16.7. The summed E-state index contributed by atoms with van der Waals surface area (Å²) in [4.78, 5) is 9.82. The smallest absolute Gasteiger partial charge is 0.123 e. The third-order valence-electron chi connectivity index (χ3n) is 7.77. The zero-order valence-corrected chi connectivity index (χ0v) is 20.4. The fourth-order valence-corrected chi connectivity index (χ4v) is 6.95. The van der Waals surface area contributed by atoms with Gasteiger partial charge in [0.15, 0.2) is 0 Å². The molecule has 6 rings (SSSR count). The van der Waals surface area contributed by atoms with Crippen molar-refractivity contribution in [2.75, 3.05) is 38.2 Å². The molecule has 1 saturated heterocycles. The van der Waals surface area contributed by atoms with E-state index in [1.807, 2.05) is 18.3 Å². The Hall–Kier alpha value is -2.70. The lowest BCUT2D eigenvalue weighted by molar-refractivity contribution is 0.141. The highest BCUT2D eigenvalue weighted by Crippen LogP contribution is 2.41. The average molecular weight is 476 g/mol. The summed E-state index contributed by atoms with van der Waals surface area (Å²) in [6.07, 6.45) is 6.70. The molecule has 2 aliphatic rings. The predicted molar refractivity (Wildman–Crippen MR) is 139 cm³/mol. The third-order valence-corrected chi connectivity index (χ3v) is 8.75. The molecule has 34 heavy (non-hydrogen) atoms. The Morgan fingerprint density at radius 2 is 1.82 bits per heavy atom. The maximum absolute atomic E-state index is 13.8. The number of methoxy groups -OCH3 is 1. The Morgan fingerprint density at radius 3 is 2.62 bits per heavy atom. The lowest BCUT2D eigenvalue weighted by Gasteiger charge is -2.42. The monoisotopic (exact) mass is 475 g/mol. The van der Waals surface area contributed by atoms with Crippen LogP contribution < -0.4 is 9.64 Å². The van der Waals surface area contributed by atoms with Crippen LogP contribution in [-0.4, -0.2) is 49.2 Å². The zero-order chi connectivity index (χ0) is 23.1. The Morgan fingerprint density at radius 1 is 1.00 bits per heavy atom. The number of hydrogen-bond donors (Lipinski definition) is 0. The lowest BCUT2D eigenvalue weighted by Crippen LogP contribution is -2.51. The van der Waals surface area contributed by atoms with E-state index >= 15 is 0 Å². The topological polar surface area (TPSA) is 28.6 Å². The quantitative estimate of drug-likeness (QED) is 0.339. The summed E-state index contributed by atoms with van der Waals surface area (Å²) in [5.74, 6) is 1.32. The molecule has 1 aliphatic heterocycles. The van der Waals surface area contributed by atoms with Crippen molar-refractivity contribution in [1.29, 1.82) is 0 Å². The van der Waals surface area contributed by atoms with Crippen molar-refractivity contribution in [3.05, 3.63) is 65.4 Å².